The fraction of sp³-hybridized carbons (Fsp3) is 0. The van der Waals surface area contributed by atoms with Crippen molar-refractivity contribution in [3.05, 3.63) is 107 Å². The van der Waals surface area contributed by atoms with E-state index in [2.05, 4.69) is 10.3 Å². The number of nitrogens with two attached hydrogens (primary N) is 1. The third-order valence-electron chi connectivity index (χ3n) is 6.23. The molecule has 0 saturated heterocycles. The van der Waals surface area contributed by atoms with E-state index in [1.807, 2.05) is 0 Å². The van der Waals surface area contributed by atoms with Gasteiger partial charge in [0.2, 0.25) is 0 Å². The van der Waals surface area contributed by atoms with Crippen molar-refractivity contribution in [2.75, 3.05) is 11.1 Å². The summed E-state index contributed by atoms with van der Waals surface area (Å²) in [5, 5.41) is 15.2. The molecule has 0 heterocycles. The molecule has 4 aromatic rings. The molecule has 1 aliphatic rings. The van der Waals surface area contributed by atoms with Crippen molar-refractivity contribution >= 4 is 60.5 Å². The second kappa shape index (κ2) is 13.0. The molecular weight excluding hydrogens is 620 g/mol. The molecule has 208 valence electrons. The number of hydrogen-bond acceptors (Lipinski definition) is 11. The van der Waals surface area contributed by atoms with Crippen LogP contribution in [0.1, 0.15) is 37.4 Å². The van der Waals surface area contributed by atoms with Crippen molar-refractivity contribution in [3.63, 3.8) is 0 Å². The first kappa shape index (κ1) is 34.6. The summed E-state index contributed by atoms with van der Waals surface area (Å²) in [6.07, 6.45) is 0. The van der Waals surface area contributed by atoms with Gasteiger partial charge in [0.25, 0.3) is 10.1 Å². The van der Waals surface area contributed by atoms with Gasteiger partial charge in [-0.3, -0.25) is 19.1 Å². The number of fused-ring (bicyclic) bond motifs is 2. The maximum absolute atomic E-state index is 13.5. The van der Waals surface area contributed by atoms with Gasteiger partial charge >= 0.3 is 59.1 Å². The Labute approximate surface area is 290 Å². The molecule has 0 radical (unpaired) electrons. The molecule has 5 rings (SSSR count). The van der Waals surface area contributed by atoms with Gasteiger partial charge in [0.05, 0.1) is 33.1 Å². The monoisotopic (exact) mass is 637 g/mol. The van der Waals surface area contributed by atoms with Crippen LogP contribution in [0.15, 0.2) is 93.6 Å². The Hall–Kier alpha value is -2.89. The van der Waals surface area contributed by atoms with Crippen LogP contribution in [0.5, 0.6) is 0 Å². The van der Waals surface area contributed by atoms with Gasteiger partial charge in [-0.2, -0.15) is 8.42 Å². The smallest absolute Gasteiger partial charge is 0.858 e. The molecule has 0 fully saturated rings. The number of rotatable bonds is 6. The first-order valence-corrected chi connectivity index (χ1v) is 14.4. The number of hydrogen-bond donors (Lipinski definition) is 3. The van der Waals surface area contributed by atoms with E-state index in [1.54, 1.807) is 18.2 Å². The van der Waals surface area contributed by atoms with Gasteiger partial charge in [-0.25, -0.2) is 8.42 Å². The summed E-state index contributed by atoms with van der Waals surface area (Å²) in [5.41, 5.74) is 3.64. The van der Waals surface area contributed by atoms with Crippen LogP contribution in [0.2, 0.25) is 0 Å². The standard InChI is InChI=1S/C27H19N3O9S2.2Na/c28-24-21(41(37,38)39)13-19(22-23(24)26(32)17-9-5-4-8-16(17)25(22)31)29-15-10-11-18(20(12-15)40(34,35)36)30-27(33)14-6-2-1-3-7-14;;/h1-13,29H,28H2,(H,30,33)(H,34,35,36)(H,37,38,39);;/q;2*+1/p-2. The Morgan fingerprint density at radius 2 is 1.35 bits per heavy atom. The first-order chi connectivity index (χ1) is 19.3. The van der Waals surface area contributed by atoms with Crippen LogP contribution in [-0.4, -0.2) is 43.4 Å². The Morgan fingerprint density at radius 1 is 0.791 bits per heavy atom. The van der Waals surface area contributed by atoms with Crippen LogP contribution < -0.4 is 75.3 Å². The fourth-order valence-electron chi connectivity index (χ4n) is 4.40. The Balaban J connectivity index is 0.00000253. The van der Waals surface area contributed by atoms with Crippen molar-refractivity contribution in [1.82, 2.24) is 0 Å². The summed E-state index contributed by atoms with van der Waals surface area (Å²) in [7, 11) is -10.2. The predicted molar refractivity (Wildman–Crippen MR) is 144 cm³/mol. The molecule has 0 aliphatic heterocycles. The molecule has 0 saturated carbocycles. The van der Waals surface area contributed by atoms with Crippen LogP contribution in [0, 0.1) is 0 Å². The summed E-state index contributed by atoms with van der Waals surface area (Å²) >= 11 is 0. The van der Waals surface area contributed by atoms with E-state index in [1.165, 1.54) is 42.5 Å². The quantitative estimate of drug-likeness (QED) is 0.0543. The number of ketones is 2. The summed E-state index contributed by atoms with van der Waals surface area (Å²) in [4.78, 5) is 28.7. The number of nitrogens with zero attached hydrogens (tertiary/aromatic N) is 1. The zero-order chi connectivity index (χ0) is 29.7. The van der Waals surface area contributed by atoms with E-state index in [0.717, 1.165) is 18.2 Å². The summed E-state index contributed by atoms with van der Waals surface area (Å²) in [6.45, 7) is 0. The molecule has 43 heavy (non-hydrogen) atoms. The molecule has 16 heteroatoms. The second-order valence-corrected chi connectivity index (χ2v) is 11.5. The van der Waals surface area contributed by atoms with Gasteiger partial charge in [0, 0.05) is 16.8 Å². The predicted octanol–water partition coefficient (Wildman–Crippen LogP) is -3.61. The number of benzene rings is 4. The number of nitrogens with one attached hydrogen (secondary N) is 1. The number of anilines is 3. The summed E-state index contributed by atoms with van der Waals surface area (Å²) in [5.74, 6) is -2.30. The minimum Gasteiger partial charge on any atom is -0.858 e. The van der Waals surface area contributed by atoms with E-state index < -0.39 is 64.4 Å². The number of carbonyl (C=O) groups is 2. The van der Waals surface area contributed by atoms with Crippen molar-refractivity contribution in [1.29, 1.82) is 0 Å². The molecule has 0 amide bonds. The van der Waals surface area contributed by atoms with Crippen LogP contribution in [-0.2, 0) is 20.2 Å². The molecule has 0 unspecified atom stereocenters. The molecule has 4 N–H and O–H groups in total. The Morgan fingerprint density at radius 3 is 1.91 bits per heavy atom. The average Bonchev–Trinajstić information content (AvgIpc) is 2.92. The van der Waals surface area contributed by atoms with Gasteiger partial charge in [-0.05, 0) is 35.7 Å². The van der Waals surface area contributed by atoms with E-state index in [0.29, 0.717) is 0 Å². The first-order valence-electron chi connectivity index (χ1n) is 11.6. The molecule has 0 spiro atoms. The largest absolute Gasteiger partial charge is 1.00 e. The molecule has 0 atom stereocenters. The van der Waals surface area contributed by atoms with Crippen molar-refractivity contribution < 1.29 is 99.8 Å². The molecule has 4 aromatic carbocycles. The SMILES string of the molecule is Nc1c(S(=O)(=O)O)cc(Nc2ccc(N=C([O-])c3ccccc3)c(S(=O)(=O)[O-])c2)c2c1C(=O)c1ccccc1C2=O.[Na+].[Na+]. The van der Waals surface area contributed by atoms with Crippen LogP contribution >= 0.6 is 0 Å². The Kier molecular flexibility index (Phi) is 10.5. The van der Waals surface area contributed by atoms with Gasteiger partial charge in [0.1, 0.15) is 15.0 Å². The molecule has 12 nitrogen and oxygen atoms in total. The minimum atomic E-state index is -5.20. The number of nitrogen functional groups attached to an aromatic ring is 1. The van der Waals surface area contributed by atoms with Gasteiger partial charge in [0.15, 0.2) is 11.6 Å². The zero-order valence-corrected chi connectivity index (χ0v) is 28.2. The average molecular weight is 638 g/mol. The van der Waals surface area contributed by atoms with Crippen molar-refractivity contribution in [3.8, 4) is 0 Å². The summed E-state index contributed by atoms with van der Waals surface area (Å²) in [6, 6.07) is 17.4. The topological polar surface area (TPSA) is 219 Å². The summed E-state index contributed by atoms with van der Waals surface area (Å²) < 4.78 is 70.3. The van der Waals surface area contributed by atoms with Crippen LogP contribution in [0.4, 0.5) is 22.7 Å². The second-order valence-electron chi connectivity index (χ2n) is 8.81. The number of carbonyl (C=O) groups excluding carboxylic acids is 2. The fourth-order valence-corrected chi connectivity index (χ4v) is 5.69. The third kappa shape index (κ3) is 6.78. The van der Waals surface area contributed by atoms with Crippen molar-refractivity contribution in [2.45, 2.75) is 9.79 Å². The molecule has 1 aliphatic carbocycles. The third-order valence-corrected chi connectivity index (χ3v) is 7.99. The maximum atomic E-state index is 13.5. The van der Waals surface area contributed by atoms with Crippen LogP contribution in [0.3, 0.4) is 0 Å². The molecular formula is C27H17N3Na2O9S2. The zero-order valence-electron chi connectivity index (χ0n) is 22.6. The molecule has 0 bridgehead atoms. The molecule has 0 aromatic heterocycles. The van der Waals surface area contributed by atoms with E-state index in [9.17, 15) is 40.6 Å². The van der Waals surface area contributed by atoms with Gasteiger partial charge < -0.3 is 20.7 Å². The van der Waals surface area contributed by atoms with Gasteiger partial charge in [-0.15, -0.1) is 0 Å². The van der Waals surface area contributed by atoms with Crippen molar-refractivity contribution in [2.24, 2.45) is 4.99 Å². The van der Waals surface area contributed by atoms with E-state index >= 15 is 0 Å². The van der Waals surface area contributed by atoms with E-state index in [-0.39, 0.29) is 92.7 Å². The Bertz CT molecular complexity index is 2030. The minimum absolute atomic E-state index is 0. The van der Waals surface area contributed by atoms with Crippen LogP contribution in [0.25, 0.3) is 0 Å². The van der Waals surface area contributed by atoms with Gasteiger partial charge in [-0.1, -0.05) is 54.6 Å². The maximum Gasteiger partial charge on any atom is 1.00 e. The number of aliphatic imine (C=N–C) groups is 1. The normalized spacial score (nSPS) is 12.8. The van der Waals surface area contributed by atoms with E-state index in [4.69, 9.17) is 5.73 Å².